The highest BCUT2D eigenvalue weighted by molar-refractivity contribution is 5.87. The normalized spacial score (nSPS) is 17.6. The SMILES string of the molecule is O=C(Cc1ccccc1F)C1CCCc2cccnc21. The highest BCUT2D eigenvalue weighted by Gasteiger charge is 2.27. The molecule has 0 saturated heterocycles. The molecule has 0 radical (unpaired) electrons. The molecular weight excluding hydrogens is 253 g/mol. The zero-order valence-corrected chi connectivity index (χ0v) is 11.2. The molecule has 1 atom stereocenters. The fourth-order valence-electron chi connectivity index (χ4n) is 2.88. The van der Waals surface area contributed by atoms with Crippen molar-refractivity contribution < 1.29 is 9.18 Å². The first-order valence-electron chi connectivity index (χ1n) is 6.95. The van der Waals surface area contributed by atoms with Crippen molar-refractivity contribution in [3.8, 4) is 0 Å². The highest BCUT2D eigenvalue weighted by atomic mass is 19.1. The number of benzene rings is 1. The largest absolute Gasteiger partial charge is 0.299 e. The topological polar surface area (TPSA) is 30.0 Å². The van der Waals surface area contributed by atoms with Gasteiger partial charge in [0.05, 0.1) is 11.6 Å². The van der Waals surface area contributed by atoms with Crippen LogP contribution in [0.25, 0.3) is 0 Å². The molecule has 0 spiro atoms. The number of aromatic nitrogens is 1. The number of ketones is 1. The molecule has 1 heterocycles. The maximum Gasteiger partial charge on any atom is 0.146 e. The van der Waals surface area contributed by atoms with E-state index in [-0.39, 0.29) is 23.9 Å². The van der Waals surface area contributed by atoms with Gasteiger partial charge in [-0.3, -0.25) is 9.78 Å². The van der Waals surface area contributed by atoms with Crippen molar-refractivity contribution in [2.75, 3.05) is 0 Å². The molecule has 0 N–H and O–H groups in total. The van der Waals surface area contributed by atoms with Crippen LogP contribution in [0.1, 0.15) is 35.6 Å². The Balaban J connectivity index is 1.84. The number of Topliss-reactive ketones (excluding diaryl/α,β-unsaturated/α-hetero) is 1. The van der Waals surface area contributed by atoms with Gasteiger partial charge in [-0.15, -0.1) is 0 Å². The molecular formula is C17H16FNO. The number of nitrogens with zero attached hydrogens (tertiary/aromatic N) is 1. The zero-order chi connectivity index (χ0) is 13.9. The van der Waals surface area contributed by atoms with E-state index in [9.17, 15) is 9.18 Å². The lowest BCUT2D eigenvalue weighted by molar-refractivity contribution is -0.120. The van der Waals surface area contributed by atoms with Crippen LogP contribution in [0.4, 0.5) is 4.39 Å². The average molecular weight is 269 g/mol. The van der Waals surface area contributed by atoms with E-state index in [0.29, 0.717) is 5.56 Å². The van der Waals surface area contributed by atoms with Crippen LogP contribution in [-0.2, 0) is 17.6 Å². The van der Waals surface area contributed by atoms with Crippen LogP contribution < -0.4 is 0 Å². The quantitative estimate of drug-likeness (QED) is 0.854. The number of halogens is 1. The number of carbonyl (C=O) groups is 1. The number of rotatable bonds is 3. The predicted octanol–water partition coefficient (Wildman–Crippen LogP) is 3.45. The van der Waals surface area contributed by atoms with Crippen LogP contribution in [0.5, 0.6) is 0 Å². The summed E-state index contributed by atoms with van der Waals surface area (Å²) in [7, 11) is 0. The summed E-state index contributed by atoms with van der Waals surface area (Å²) in [6.07, 6.45) is 4.66. The Labute approximate surface area is 117 Å². The van der Waals surface area contributed by atoms with Gasteiger partial charge < -0.3 is 0 Å². The van der Waals surface area contributed by atoms with Crippen molar-refractivity contribution in [1.82, 2.24) is 4.98 Å². The Bertz CT molecular complexity index is 638. The lowest BCUT2D eigenvalue weighted by atomic mass is 9.82. The minimum absolute atomic E-state index is 0.0646. The fourth-order valence-corrected chi connectivity index (χ4v) is 2.88. The van der Waals surface area contributed by atoms with Gasteiger partial charge in [0.25, 0.3) is 0 Å². The van der Waals surface area contributed by atoms with Crippen molar-refractivity contribution >= 4 is 5.78 Å². The van der Waals surface area contributed by atoms with Crippen molar-refractivity contribution in [3.05, 3.63) is 65.2 Å². The van der Waals surface area contributed by atoms with E-state index in [2.05, 4.69) is 4.98 Å². The molecule has 0 aliphatic heterocycles. The Kier molecular flexibility index (Phi) is 3.59. The molecule has 1 aromatic heterocycles. The molecule has 1 aliphatic rings. The van der Waals surface area contributed by atoms with Gasteiger partial charge in [0.2, 0.25) is 0 Å². The third-order valence-corrected chi connectivity index (χ3v) is 3.91. The summed E-state index contributed by atoms with van der Waals surface area (Å²) in [5.74, 6) is -0.424. The Hall–Kier alpha value is -2.03. The number of hydrogen-bond donors (Lipinski definition) is 0. The Morgan fingerprint density at radius 3 is 2.95 bits per heavy atom. The van der Waals surface area contributed by atoms with Gasteiger partial charge in [-0.05, 0) is 42.5 Å². The smallest absolute Gasteiger partial charge is 0.146 e. The van der Waals surface area contributed by atoms with Gasteiger partial charge in [0.1, 0.15) is 11.6 Å². The first kappa shape index (κ1) is 13.0. The van der Waals surface area contributed by atoms with Gasteiger partial charge in [-0.1, -0.05) is 24.3 Å². The molecule has 20 heavy (non-hydrogen) atoms. The van der Waals surface area contributed by atoms with Crippen LogP contribution in [0.3, 0.4) is 0 Å². The molecule has 3 heteroatoms. The predicted molar refractivity (Wildman–Crippen MR) is 75.0 cm³/mol. The van der Waals surface area contributed by atoms with Crippen molar-refractivity contribution in [3.63, 3.8) is 0 Å². The van der Waals surface area contributed by atoms with Crippen LogP contribution in [-0.4, -0.2) is 10.8 Å². The maximum atomic E-state index is 13.6. The molecule has 1 unspecified atom stereocenters. The molecule has 102 valence electrons. The number of hydrogen-bond acceptors (Lipinski definition) is 2. The summed E-state index contributed by atoms with van der Waals surface area (Å²) in [5.41, 5.74) is 2.52. The lowest BCUT2D eigenvalue weighted by Crippen LogP contribution is -2.21. The van der Waals surface area contributed by atoms with Crippen molar-refractivity contribution in [2.45, 2.75) is 31.6 Å². The molecule has 0 fully saturated rings. The molecule has 1 aliphatic carbocycles. The standard InChI is InChI=1S/C17H16FNO/c18-15-9-2-1-5-13(15)11-16(20)14-8-3-6-12-7-4-10-19-17(12)14/h1-2,4-5,7,9-10,14H,3,6,8,11H2. The summed E-state index contributed by atoms with van der Waals surface area (Å²) in [5, 5.41) is 0. The number of carbonyl (C=O) groups excluding carboxylic acids is 1. The van der Waals surface area contributed by atoms with Gasteiger partial charge in [-0.25, -0.2) is 4.39 Å². The summed E-state index contributed by atoms with van der Waals surface area (Å²) < 4.78 is 13.6. The van der Waals surface area contributed by atoms with Crippen molar-refractivity contribution in [2.24, 2.45) is 0 Å². The van der Waals surface area contributed by atoms with Gasteiger partial charge in [-0.2, -0.15) is 0 Å². The summed E-state index contributed by atoms with van der Waals surface area (Å²) in [6.45, 7) is 0. The van der Waals surface area contributed by atoms with Gasteiger partial charge >= 0.3 is 0 Å². The second kappa shape index (κ2) is 5.53. The van der Waals surface area contributed by atoms with Gasteiger partial charge in [0.15, 0.2) is 0 Å². The molecule has 0 amide bonds. The summed E-state index contributed by atoms with van der Waals surface area (Å²) in [6, 6.07) is 10.4. The molecule has 2 aromatic rings. The van der Waals surface area contributed by atoms with Crippen LogP contribution in [0, 0.1) is 5.82 Å². The van der Waals surface area contributed by atoms with E-state index in [1.165, 1.54) is 6.07 Å². The monoisotopic (exact) mass is 269 g/mol. The van der Waals surface area contributed by atoms with Gasteiger partial charge in [0, 0.05) is 12.6 Å². The van der Waals surface area contributed by atoms with E-state index in [1.807, 2.05) is 12.1 Å². The Morgan fingerprint density at radius 1 is 1.25 bits per heavy atom. The minimum Gasteiger partial charge on any atom is -0.299 e. The fraction of sp³-hybridized carbons (Fsp3) is 0.294. The first-order chi connectivity index (χ1) is 9.75. The van der Waals surface area contributed by atoms with E-state index in [4.69, 9.17) is 0 Å². The third kappa shape index (κ3) is 2.48. The van der Waals surface area contributed by atoms with Crippen LogP contribution in [0.15, 0.2) is 42.6 Å². The second-order valence-electron chi connectivity index (χ2n) is 5.23. The van der Waals surface area contributed by atoms with E-state index in [0.717, 1.165) is 30.5 Å². The van der Waals surface area contributed by atoms with Crippen LogP contribution >= 0.6 is 0 Å². The van der Waals surface area contributed by atoms with E-state index < -0.39 is 0 Å². The Morgan fingerprint density at radius 2 is 2.10 bits per heavy atom. The van der Waals surface area contributed by atoms with Crippen LogP contribution in [0.2, 0.25) is 0 Å². The molecule has 0 saturated carbocycles. The number of aryl methyl sites for hydroxylation is 1. The third-order valence-electron chi connectivity index (χ3n) is 3.91. The first-order valence-corrected chi connectivity index (χ1v) is 6.95. The number of fused-ring (bicyclic) bond motifs is 1. The molecule has 0 bridgehead atoms. The zero-order valence-electron chi connectivity index (χ0n) is 11.2. The molecule has 2 nitrogen and oxygen atoms in total. The summed E-state index contributed by atoms with van der Waals surface area (Å²) >= 11 is 0. The number of pyridine rings is 1. The minimum atomic E-state index is -0.307. The summed E-state index contributed by atoms with van der Waals surface area (Å²) in [4.78, 5) is 16.8. The second-order valence-corrected chi connectivity index (χ2v) is 5.23. The van der Waals surface area contributed by atoms with Crippen molar-refractivity contribution in [1.29, 1.82) is 0 Å². The lowest BCUT2D eigenvalue weighted by Gasteiger charge is -2.23. The molecule has 3 rings (SSSR count). The van der Waals surface area contributed by atoms with E-state index in [1.54, 1.807) is 24.4 Å². The molecule has 1 aromatic carbocycles. The maximum absolute atomic E-state index is 13.6. The average Bonchev–Trinajstić information content (AvgIpc) is 2.49. The van der Waals surface area contributed by atoms with E-state index >= 15 is 0 Å². The highest BCUT2D eigenvalue weighted by Crippen LogP contribution is 2.31.